The van der Waals surface area contributed by atoms with Gasteiger partial charge in [0.2, 0.25) is 17.5 Å². The van der Waals surface area contributed by atoms with Crippen molar-refractivity contribution in [1.82, 2.24) is 0 Å². The lowest BCUT2D eigenvalue weighted by Gasteiger charge is -2.14. The number of hydrogen-bond acceptors (Lipinski definition) is 2. The van der Waals surface area contributed by atoms with Crippen molar-refractivity contribution >= 4 is 0 Å². The summed E-state index contributed by atoms with van der Waals surface area (Å²) in [6.45, 7) is 0. The van der Waals surface area contributed by atoms with Crippen LogP contribution in [0.25, 0.3) is 0 Å². The Kier molecular flexibility index (Phi) is 1.86. The molecule has 6 heteroatoms. The monoisotopic (exact) mass is 170 g/mol. The molecule has 11 heavy (non-hydrogen) atoms. The summed E-state index contributed by atoms with van der Waals surface area (Å²) in [5.74, 6) is -6.02. The highest BCUT2D eigenvalue weighted by Gasteiger charge is 2.31. The van der Waals surface area contributed by atoms with E-state index in [0.29, 0.717) is 0 Å². The number of allylic oxidation sites excluding steroid dienone is 2. The van der Waals surface area contributed by atoms with Crippen LogP contribution in [0.4, 0.5) is 17.6 Å². The highest BCUT2D eigenvalue weighted by molar-refractivity contribution is 5.26. The van der Waals surface area contributed by atoms with Gasteiger partial charge in [-0.3, -0.25) is 0 Å². The minimum atomic E-state index is -2.39. The minimum Gasteiger partial charge on any atom is -0.432 e. The Bertz CT molecular complexity index is 245. The van der Waals surface area contributed by atoms with Crippen LogP contribution in [0.2, 0.25) is 0 Å². The molecule has 2 nitrogen and oxygen atoms in total. The quantitative estimate of drug-likeness (QED) is 0.559. The van der Waals surface area contributed by atoms with Gasteiger partial charge in [-0.05, 0) is 0 Å². The molecule has 62 valence electrons. The summed E-state index contributed by atoms with van der Waals surface area (Å²) in [7, 11) is 0. The van der Waals surface area contributed by atoms with E-state index in [-0.39, 0.29) is 0 Å². The highest BCUT2D eigenvalue weighted by atomic mass is 19.2. The molecule has 1 aliphatic rings. The maximum absolute atomic E-state index is 12.1. The van der Waals surface area contributed by atoms with E-state index in [4.69, 9.17) is 5.11 Å². The normalized spacial score (nSPS) is 25.7. The summed E-state index contributed by atoms with van der Waals surface area (Å²) >= 11 is 0. The van der Waals surface area contributed by atoms with Crippen LogP contribution in [0.3, 0.4) is 0 Å². The Morgan fingerprint density at radius 2 is 1.64 bits per heavy atom. The summed E-state index contributed by atoms with van der Waals surface area (Å²) in [4.78, 5) is 0. The molecule has 0 aliphatic carbocycles. The molecule has 1 N–H and O–H groups in total. The summed E-state index contributed by atoms with van der Waals surface area (Å²) in [6.07, 6.45) is -2.39. The van der Waals surface area contributed by atoms with Crippen LogP contribution >= 0.6 is 0 Å². The zero-order valence-corrected chi connectivity index (χ0v) is 4.94. The summed E-state index contributed by atoms with van der Waals surface area (Å²) in [5.41, 5.74) is 0. The Balaban J connectivity index is 3.07. The molecule has 0 spiro atoms. The fourth-order valence-electron chi connectivity index (χ4n) is 0.501. The predicted octanol–water partition coefficient (Wildman–Crippen LogP) is 1.59. The number of aliphatic hydroxyl groups excluding tert-OH is 1. The molecular weight excluding hydrogens is 168 g/mol. The molecule has 1 unspecified atom stereocenters. The van der Waals surface area contributed by atoms with E-state index in [9.17, 15) is 17.6 Å². The maximum atomic E-state index is 12.1. The SMILES string of the molecule is OC1OC(F)=C(F)C(F)=C1F. The van der Waals surface area contributed by atoms with Gasteiger partial charge in [-0.1, -0.05) is 0 Å². The third kappa shape index (κ3) is 1.21. The predicted molar refractivity (Wildman–Crippen MR) is 25.6 cm³/mol. The van der Waals surface area contributed by atoms with Crippen LogP contribution in [0, 0.1) is 0 Å². The van der Waals surface area contributed by atoms with Gasteiger partial charge in [-0.25, -0.2) is 8.78 Å². The molecule has 1 rings (SSSR count). The molecular formula is C5H2F4O2. The molecule has 0 fully saturated rings. The largest absolute Gasteiger partial charge is 0.432 e. The zero-order valence-electron chi connectivity index (χ0n) is 4.94. The molecule has 0 amide bonds. The van der Waals surface area contributed by atoms with Crippen molar-refractivity contribution in [3.05, 3.63) is 23.5 Å². The smallest absolute Gasteiger partial charge is 0.315 e. The topological polar surface area (TPSA) is 29.5 Å². The Morgan fingerprint density at radius 3 is 2.18 bits per heavy atom. The average molecular weight is 170 g/mol. The van der Waals surface area contributed by atoms with Gasteiger partial charge < -0.3 is 9.84 Å². The van der Waals surface area contributed by atoms with E-state index in [1.165, 1.54) is 0 Å². The number of ether oxygens (including phenoxy) is 1. The number of aliphatic hydroxyl groups is 1. The number of rotatable bonds is 0. The van der Waals surface area contributed by atoms with Gasteiger partial charge in [0, 0.05) is 0 Å². The van der Waals surface area contributed by atoms with Gasteiger partial charge in [-0.15, -0.1) is 0 Å². The van der Waals surface area contributed by atoms with Crippen molar-refractivity contribution in [3.8, 4) is 0 Å². The first-order chi connectivity index (χ1) is 5.04. The van der Waals surface area contributed by atoms with E-state index in [1.54, 1.807) is 0 Å². The van der Waals surface area contributed by atoms with Gasteiger partial charge >= 0.3 is 6.01 Å². The first-order valence-electron chi connectivity index (χ1n) is 2.49. The van der Waals surface area contributed by atoms with E-state index in [1.807, 2.05) is 0 Å². The summed E-state index contributed by atoms with van der Waals surface area (Å²) in [5, 5.41) is 8.30. The Hall–Kier alpha value is -1.04. The van der Waals surface area contributed by atoms with Crippen molar-refractivity contribution in [2.75, 3.05) is 0 Å². The number of halogens is 4. The third-order valence-electron chi connectivity index (χ3n) is 1.01. The van der Waals surface area contributed by atoms with Gasteiger partial charge in [0.05, 0.1) is 0 Å². The Morgan fingerprint density at radius 1 is 1.09 bits per heavy atom. The maximum Gasteiger partial charge on any atom is 0.315 e. The van der Waals surface area contributed by atoms with Gasteiger partial charge in [0.25, 0.3) is 6.29 Å². The van der Waals surface area contributed by atoms with Crippen molar-refractivity contribution in [2.45, 2.75) is 6.29 Å². The molecule has 0 saturated heterocycles. The van der Waals surface area contributed by atoms with Gasteiger partial charge in [0.1, 0.15) is 0 Å². The van der Waals surface area contributed by atoms with E-state index >= 15 is 0 Å². The standard InChI is InChI=1S/C5H2F4O2/c6-1-2(7)4(9)11-5(10)3(1)8/h5,10H. The molecule has 0 aromatic heterocycles. The van der Waals surface area contributed by atoms with E-state index < -0.39 is 29.8 Å². The zero-order chi connectivity index (χ0) is 8.59. The molecule has 0 saturated carbocycles. The van der Waals surface area contributed by atoms with E-state index in [2.05, 4.69) is 4.74 Å². The van der Waals surface area contributed by atoms with Crippen LogP contribution in [0.15, 0.2) is 23.5 Å². The lowest BCUT2D eigenvalue weighted by molar-refractivity contribution is -0.0823. The number of hydrogen-bond donors (Lipinski definition) is 1. The van der Waals surface area contributed by atoms with Crippen LogP contribution in [-0.2, 0) is 4.74 Å². The van der Waals surface area contributed by atoms with Crippen molar-refractivity contribution in [2.24, 2.45) is 0 Å². The van der Waals surface area contributed by atoms with E-state index in [0.717, 1.165) is 0 Å². The molecule has 1 heterocycles. The second kappa shape index (κ2) is 2.54. The van der Waals surface area contributed by atoms with Crippen LogP contribution in [0.5, 0.6) is 0 Å². The molecule has 1 aliphatic heterocycles. The molecule has 0 aromatic rings. The fourth-order valence-corrected chi connectivity index (χ4v) is 0.501. The second-order valence-corrected chi connectivity index (χ2v) is 1.72. The van der Waals surface area contributed by atoms with Gasteiger partial charge in [0.15, 0.2) is 0 Å². The Labute approximate surface area is 58.4 Å². The molecule has 0 aromatic carbocycles. The van der Waals surface area contributed by atoms with Crippen LogP contribution in [0.1, 0.15) is 0 Å². The minimum absolute atomic E-state index is 1.87. The molecule has 0 bridgehead atoms. The lowest BCUT2D eigenvalue weighted by Crippen LogP contribution is -2.17. The third-order valence-corrected chi connectivity index (χ3v) is 1.01. The van der Waals surface area contributed by atoms with Crippen LogP contribution in [-0.4, -0.2) is 11.4 Å². The van der Waals surface area contributed by atoms with Crippen LogP contribution < -0.4 is 0 Å². The molecule has 1 atom stereocenters. The first kappa shape index (κ1) is 8.06. The van der Waals surface area contributed by atoms with Crippen molar-refractivity contribution in [1.29, 1.82) is 0 Å². The van der Waals surface area contributed by atoms with Crippen molar-refractivity contribution < 1.29 is 27.4 Å². The second-order valence-electron chi connectivity index (χ2n) is 1.72. The first-order valence-corrected chi connectivity index (χ1v) is 2.49. The summed E-state index contributed by atoms with van der Waals surface area (Å²) < 4.78 is 51.6. The fraction of sp³-hybridized carbons (Fsp3) is 0.200. The summed E-state index contributed by atoms with van der Waals surface area (Å²) in [6, 6.07) is -1.96. The van der Waals surface area contributed by atoms with Crippen molar-refractivity contribution in [3.63, 3.8) is 0 Å². The lowest BCUT2D eigenvalue weighted by atomic mass is 10.3. The average Bonchev–Trinajstić information content (AvgIpc) is 1.97. The highest BCUT2D eigenvalue weighted by Crippen LogP contribution is 2.31. The molecule has 0 radical (unpaired) electrons. The van der Waals surface area contributed by atoms with Gasteiger partial charge in [-0.2, -0.15) is 8.78 Å².